The average molecular weight is 206 g/mol. The van der Waals surface area contributed by atoms with Crippen LogP contribution in [-0.2, 0) is 0 Å². The standard InChI is InChI=1S/C11H8ClNO/c12-11-5-4-9(7-13-11)8-2-1-3-10(14)6-8/h1-7,14H. The first-order valence-electron chi connectivity index (χ1n) is 4.17. The second-order valence-corrected chi connectivity index (χ2v) is 3.31. The third-order valence-corrected chi connectivity index (χ3v) is 2.13. The number of hydrogen-bond donors (Lipinski definition) is 1. The molecular weight excluding hydrogens is 198 g/mol. The van der Waals surface area contributed by atoms with Crippen LogP contribution in [-0.4, -0.2) is 10.1 Å². The SMILES string of the molecule is Oc1cccc(-c2ccc(Cl)nc2)c1. The predicted molar refractivity (Wildman–Crippen MR) is 56.3 cm³/mol. The summed E-state index contributed by atoms with van der Waals surface area (Å²) in [4.78, 5) is 3.97. The molecule has 0 radical (unpaired) electrons. The summed E-state index contributed by atoms with van der Waals surface area (Å²) in [7, 11) is 0. The minimum absolute atomic E-state index is 0.248. The van der Waals surface area contributed by atoms with Crippen molar-refractivity contribution in [2.75, 3.05) is 0 Å². The van der Waals surface area contributed by atoms with Crippen LogP contribution in [0.4, 0.5) is 0 Å². The second kappa shape index (κ2) is 3.68. The minimum Gasteiger partial charge on any atom is -0.508 e. The zero-order chi connectivity index (χ0) is 9.97. The van der Waals surface area contributed by atoms with E-state index >= 15 is 0 Å². The molecule has 2 rings (SSSR count). The van der Waals surface area contributed by atoms with Crippen molar-refractivity contribution in [1.29, 1.82) is 0 Å². The number of pyridine rings is 1. The van der Waals surface area contributed by atoms with Crippen molar-refractivity contribution >= 4 is 11.6 Å². The quantitative estimate of drug-likeness (QED) is 0.726. The van der Waals surface area contributed by atoms with E-state index in [0.717, 1.165) is 11.1 Å². The number of rotatable bonds is 1. The molecule has 0 unspecified atom stereocenters. The number of phenolic OH excluding ortho intramolecular Hbond substituents is 1. The molecule has 0 aliphatic carbocycles. The van der Waals surface area contributed by atoms with E-state index in [-0.39, 0.29) is 5.75 Å². The van der Waals surface area contributed by atoms with Crippen LogP contribution < -0.4 is 0 Å². The first-order valence-corrected chi connectivity index (χ1v) is 4.54. The number of aromatic nitrogens is 1. The molecule has 0 bridgehead atoms. The molecule has 1 N–H and O–H groups in total. The lowest BCUT2D eigenvalue weighted by Crippen LogP contribution is -1.79. The van der Waals surface area contributed by atoms with Gasteiger partial charge in [0.1, 0.15) is 10.9 Å². The summed E-state index contributed by atoms with van der Waals surface area (Å²) in [6.07, 6.45) is 1.68. The molecule has 3 heteroatoms. The van der Waals surface area contributed by atoms with Crippen LogP contribution in [0.1, 0.15) is 0 Å². The predicted octanol–water partition coefficient (Wildman–Crippen LogP) is 3.11. The number of hydrogen-bond acceptors (Lipinski definition) is 2. The van der Waals surface area contributed by atoms with E-state index in [0.29, 0.717) is 5.15 Å². The Labute approximate surface area is 86.8 Å². The van der Waals surface area contributed by atoms with E-state index in [1.54, 1.807) is 30.5 Å². The van der Waals surface area contributed by atoms with E-state index in [9.17, 15) is 5.11 Å². The van der Waals surface area contributed by atoms with Gasteiger partial charge in [-0.15, -0.1) is 0 Å². The Morgan fingerprint density at radius 3 is 2.57 bits per heavy atom. The Hall–Kier alpha value is -1.54. The van der Waals surface area contributed by atoms with E-state index in [1.165, 1.54) is 0 Å². The zero-order valence-electron chi connectivity index (χ0n) is 7.31. The number of phenols is 1. The van der Waals surface area contributed by atoms with E-state index < -0.39 is 0 Å². The third-order valence-electron chi connectivity index (χ3n) is 1.91. The highest BCUT2D eigenvalue weighted by atomic mass is 35.5. The van der Waals surface area contributed by atoms with Crippen molar-refractivity contribution in [2.24, 2.45) is 0 Å². The maximum Gasteiger partial charge on any atom is 0.129 e. The van der Waals surface area contributed by atoms with Crippen LogP contribution in [0, 0.1) is 0 Å². The number of aromatic hydroxyl groups is 1. The van der Waals surface area contributed by atoms with Crippen molar-refractivity contribution < 1.29 is 5.11 Å². The van der Waals surface area contributed by atoms with Gasteiger partial charge in [-0.05, 0) is 29.8 Å². The topological polar surface area (TPSA) is 33.1 Å². The van der Waals surface area contributed by atoms with Gasteiger partial charge in [-0.25, -0.2) is 4.98 Å². The van der Waals surface area contributed by atoms with Gasteiger partial charge in [0, 0.05) is 11.8 Å². The smallest absolute Gasteiger partial charge is 0.129 e. The number of benzene rings is 1. The van der Waals surface area contributed by atoms with Crippen molar-refractivity contribution in [3.05, 3.63) is 47.7 Å². The highest BCUT2D eigenvalue weighted by molar-refractivity contribution is 6.29. The van der Waals surface area contributed by atoms with Crippen LogP contribution in [0.5, 0.6) is 5.75 Å². The number of nitrogens with zero attached hydrogens (tertiary/aromatic N) is 1. The first-order chi connectivity index (χ1) is 6.75. The largest absolute Gasteiger partial charge is 0.508 e. The molecule has 0 amide bonds. The van der Waals surface area contributed by atoms with Crippen molar-refractivity contribution in [2.45, 2.75) is 0 Å². The first kappa shape index (κ1) is 9.03. The molecule has 2 nitrogen and oxygen atoms in total. The van der Waals surface area contributed by atoms with Crippen LogP contribution in [0.25, 0.3) is 11.1 Å². The van der Waals surface area contributed by atoms with Crippen LogP contribution in [0.2, 0.25) is 5.15 Å². The molecule has 0 saturated heterocycles. The molecule has 0 aliphatic rings. The molecule has 1 heterocycles. The summed E-state index contributed by atoms with van der Waals surface area (Å²) in [6, 6.07) is 10.6. The molecule has 0 aliphatic heterocycles. The van der Waals surface area contributed by atoms with Crippen molar-refractivity contribution in [3.8, 4) is 16.9 Å². The summed E-state index contributed by atoms with van der Waals surface area (Å²) in [5.41, 5.74) is 1.86. The molecule has 14 heavy (non-hydrogen) atoms. The third kappa shape index (κ3) is 1.86. The van der Waals surface area contributed by atoms with Gasteiger partial charge >= 0.3 is 0 Å². The lowest BCUT2D eigenvalue weighted by atomic mass is 10.1. The molecule has 0 saturated carbocycles. The molecule has 1 aromatic carbocycles. The van der Waals surface area contributed by atoms with Crippen molar-refractivity contribution in [1.82, 2.24) is 4.98 Å². The lowest BCUT2D eigenvalue weighted by Gasteiger charge is -2.01. The maximum atomic E-state index is 9.28. The minimum atomic E-state index is 0.248. The van der Waals surface area contributed by atoms with Gasteiger partial charge < -0.3 is 5.11 Å². The Morgan fingerprint density at radius 1 is 1.07 bits per heavy atom. The molecule has 0 spiro atoms. The average Bonchev–Trinajstić information content (AvgIpc) is 2.19. The fourth-order valence-electron chi connectivity index (χ4n) is 1.23. The Bertz CT molecular complexity index is 439. The van der Waals surface area contributed by atoms with Gasteiger partial charge in [-0.1, -0.05) is 23.7 Å². The van der Waals surface area contributed by atoms with Gasteiger partial charge in [0.05, 0.1) is 0 Å². The van der Waals surface area contributed by atoms with E-state index in [2.05, 4.69) is 4.98 Å². The van der Waals surface area contributed by atoms with E-state index in [4.69, 9.17) is 11.6 Å². The molecule has 2 aromatic rings. The molecule has 1 aromatic heterocycles. The van der Waals surface area contributed by atoms with Crippen LogP contribution in [0.3, 0.4) is 0 Å². The summed E-state index contributed by atoms with van der Waals surface area (Å²) in [6.45, 7) is 0. The highest BCUT2D eigenvalue weighted by Gasteiger charge is 1.98. The van der Waals surface area contributed by atoms with Gasteiger partial charge in [0.15, 0.2) is 0 Å². The molecule has 0 fully saturated rings. The second-order valence-electron chi connectivity index (χ2n) is 2.92. The van der Waals surface area contributed by atoms with Gasteiger partial charge in [0.25, 0.3) is 0 Å². The molecule has 0 atom stereocenters. The monoisotopic (exact) mass is 205 g/mol. The summed E-state index contributed by atoms with van der Waals surface area (Å²) < 4.78 is 0. The number of halogens is 1. The Kier molecular flexibility index (Phi) is 2.37. The van der Waals surface area contributed by atoms with E-state index in [1.807, 2.05) is 12.1 Å². The fraction of sp³-hybridized carbons (Fsp3) is 0. The molecular formula is C11H8ClNO. The van der Waals surface area contributed by atoms with Crippen LogP contribution in [0.15, 0.2) is 42.6 Å². The molecule has 70 valence electrons. The summed E-state index contributed by atoms with van der Waals surface area (Å²) in [5.74, 6) is 0.248. The highest BCUT2D eigenvalue weighted by Crippen LogP contribution is 2.22. The van der Waals surface area contributed by atoms with Crippen molar-refractivity contribution in [3.63, 3.8) is 0 Å². The van der Waals surface area contributed by atoms with Crippen LogP contribution >= 0.6 is 11.6 Å². The van der Waals surface area contributed by atoms with Gasteiger partial charge in [0.2, 0.25) is 0 Å². The lowest BCUT2D eigenvalue weighted by molar-refractivity contribution is 0.475. The normalized spacial score (nSPS) is 10.1. The summed E-state index contributed by atoms with van der Waals surface area (Å²) >= 11 is 5.67. The van der Waals surface area contributed by atoms with Gasteiger partial charge in [-0.3, -0.25) is 0 Å². The van der Waals surface area contributed by atoms with Gasteiger partial charge in [-0.2, -0.15) is 0 Å². The zero-order valence-corrected chi connectivity index (χ0v) is 8.07. The Balaban J connectivity index is 2.44. The maximum absolute atomic E-state index is 9.28. The Morgan fingerprint density at radius 2 is 1.93 bits per heavy atom. The fourth-order valence-corrected chi connectivity index (χ4v) is 1.34. The summed E-state index contributed by atoms with van der Waals surface area (Å²) in [5, 5.41) is 9.75.